The molecule has 0 radical (unpaired) electrons. The molecule has 0 amide bonds. The molecule has 2 N–H and O–H groups in total. The van der Waals surface area contributed by atoms with Crippen molar-refractivity contribution in [2.45, 2.75) is 19.1 Å². The van der Waals surface area contributed by atoms with E-state index in [1.54, 1.807) is 38.5 Å². The molecule has 2 atom stereocenters. The lowest BCUT2D eigenvalue weighted by Gasteiger charge is -2.19. The monoisotopic (exact) mass is 326 g/mol. The fourth-order valence-electron chi connectivity index (χ4n) is 2.42. The highest BCUT2D eigenvalue weighted by Gasteiger charge is 2.13. The lowest BCUT2D eigenvalue weighted by atomic mass is 10.0. The van der Waals surface area contributed by atoms with Gasteiger partial charge in [-0.1, -0.05) is 12.1 Å². The Morgan fingerprint density at radius 1 is 1.08 bits per heavy atom. The van der Waals surface area contributed by atoms with Crippen molar-refractivity contribution in [2.24, 2.45) is 0 Å². The van der Waals surface area contributed by atoms with Crippen LogP contribution < -0.4 is 14.8 Å². The van der Waals surface area contributed by atoms with Crippen LogP contribution >= 0.6 is 0 Å². The van der Waals surface area contributed by atoms with E-state index in [-0.39, 0.29) is 6.04 Å². The normalized spacial score (nSPS) is 13.0. The second kappa shape index (κ2) is 8.34. The predicted octanol–water partition coefficient (Wildman–Crippen LogP) is 2.96. The summed E-state index contributed by atoms with van der Waals surface area (Å²) in [5.74, 6) is 1.27. The van der Waals surface area contributed by atoms with Gasteiger partial charge in [0.25, 0.3) is 0 Å². The van der Waals surface area contributed by atoms with Crippen LogP contribution in [0.4, 0.5) is 0 Å². The first kappa shape index (κ1) is 17.8. The first-order valence-corrected chi connectivity index (χ1v) is 7.72. The summed E-state index contributed by atoms with van der Waals surface area (Å²) >= 11 is 0. The molecule has 0 aromatic heterocycles. The molecule has 0 aliphatic carbocycles. The molecule has 2 aromatic carbocycles. The van der Waals surface area contributed by atoms with Crippen LogP contribution in [0.5, 0.6) is 11.5 Å². The van der Waals surface area contributed by atoms with E-state index in [0.717, 1.165) is 11.1 Å². The molecule has 0 aliphatic rings. The molecule has 0 heterocycles. The van der Waals surface area contributed by atoms with Crippen LogP contribution in [0.15, 0.2) is 42.5 Å². The molecule has 0 aliphatic heterocycles. The average Bonchev–Trinajstić information content (AvgIpc) is 2.65. The lowest BCUT2D eigenvalue weighted by Crippen LogP contribution is -2.24. The van der Waals surface area contributed by atoms with Crippen molar-refractivity contribution in [3.63, 3.8) is 0 Å². The molecular weight excluding hydrogens is 304 g/mol. The zero-order valence-corrected chi connectivity index (χ0v) is 14.1. The highest BCUT2D eigenvalue weighted by Crippen LogP contribution is 2.26. The summed E-state index contributed by atoms with van der Waals surface area (Å²) in [7, 11) is 3.15. The zero-order valence-electron chi connectivity index (χ0n) is 14.1. The summed E-state index contributed by atoms with van der Waals surface area (Å²) in [4.78, 5) is 0. The summed E-state index contributed by atoms with van der Waals surface area (Å²) in [6.07, 6.45) is -0.699. The average molecular weight is 326 g/mol. The summed E-state index contributed by atoms with van der Waals surface area (Å²) < 4.78 is 10.5. The van der Waals surface area contributed by atoms with Gasteiger partial charge in [0.2, 0.25) is 0 Å². The highest BCUT2D eigenvalue weighted by atomic mass is 16.5. The third-order valence-electron chi connectivity index (χ3n) is 3.89. The topological polar surface area (TPSA) is 74.5 Å². The van der Waals surface area contributed by atoms with Crippen LogP contribution in [0.3, 0.4) is 0 Å². The van der Waals surface area contributed by atoms with Crippen LogP contribution in [0.25, 0.3) is 0 Å². The Kier molecular flexibility index (Phi) is 6.19. The molecule has 0 fully saturated rings. The number of nitriles is 1. The van der Waals surface area contributed by atoms with Crippen LogP contribution in [0.2, 0.25) is 0 Å². The minimum atomic E-state index is -0.699. The van der Waals surface area contributed by atoms with Gasteiger partial charge in [-0.05, 0) is 42.3 Å². The van der Waals surface area contributed by atoms with Gasteiger partial charge >= 0.3 is 0 Å². The van der Waals surface area contributed by atoms with Gasteiger partial charge in [-0.2, -0.15) is 5.26 Å². The number of nitrogens with one attached hydrogen (secondary N) is 1. The van der Waals surface area contributed by atoms with Gasteiger partial charge in [-0.25, -0.2) is 0 Å². The van der Waals surface area contributed by atoms with Gasteiger partial charge in [0.05, 0.1) is 32.0 Å². The third-order valence-corrected chi connectivity index (χ3v) is 3.89. The quantitative estimate of drug-likeness (QED) is 0.818. The second-order valence-electron chi connectivity index (χ2n) is 5.53. The van der Waals surface area contributed by atoms with Crippen LogP contribution in [-0.4, -0.2) is 25.9 Å². The maximum absolute atomic E-state index is 10.4. The number of nitrogens with zero attached hydrogens (tertiary/aromatic N) is 1. The van der Waals surface area contributed by atoms with Gasteiger partial charge in [0.15, 0.2) is 0 Å². The predicted molar refractivity (Wildman–Crippen MR) is 92.1 cm³/mol. The number of aliphatic hydroxyl groups is 1. The summed E-state index contributed by atoms with van der Waals surface area (Å²) in [5, 5.41) is 22.7. The highest BCUT2D eigenvalue weighted by molar-refractivity contribution is 5.39. The Morgan fingerprint density at radius 3 is 2.33 bits per heavy atom. The summed E-state index contributed by atoms with van der Waals surface area (Å²) in [6.45, 7) is 2.36. The summed E-state index contributed by atoms with van der Waals surface area (Å²) in [5.41, 5.74) is 2.35. The number of benzene rings is 2. The second-order valence-corrected chi connectivity index (χ2v) is 5.53. The van der Waals surface area contributed by atoms with Gasteiger partial charge in [-0.3, -0.25) is 0 Å². The first-order valence-electron chi connectivity index (χ1n) is 7.72. The van der Waals surface area contributed by atoms with E-state index in [2.05, 4.69) is 11.4 Å². The van der Waals surface area contributed by atoms with Crippen LogP contribution in [-0.2, 0) is 0 Å². The molecule has 0 saturated carbocycles. The Balaban J connectivity index is 2.04. The van der Waals surface area contributed by atoms with E-state index in [4.69, 9.17) is 14.7 Å². The van der Waals surface area contributed by atoms with Crippen LogP contribution in [0.1, 0.15) is 35.8 Å². The van der Waals surface area contributed by atoms with Gasteiger partial charge in [0.1, 0.15) is 11.5 Å². The Morgan fingerprint density at radius 2 is 1.75 bits per heavy atom. The standard InChI is InChI=1S/C19H22N2O3/c1-13(15-6-4-5-14(7-15)11-20)21-12-19(22)16-8-17(23-2)10-18(9-16)24-3/h4-10,13,19,21-22H,12H2,1-3H3. The maximum atomic E-state index is 10.4. The molecule has 0 bridgehead atoms. The molecule has 24 heavy (non-hydrogen) atoms. The Labute approximate surface area is 142 Å². The van der Waals surface area contributed by atoms with Gasteiger partial charge in [0, 0.05) is 18.7 Å². The van der Waals surface area contributed by atoms with E-state index in [1.807, 2.05) is 25.1 Å². The SMILES string of the molecule is COc1cc(OC)cc(C(O)CNC(C)c2cccc(C#N)c2)c1. The van der Waals surface area contributed by atoms with Crippen LogP contribution in [0, 0.1) is 11.3 Å². The Bertz CT molecular complexity index is 703. The number of ether oxygens (including phenoxy) is 2. The Hall–Kier alpha value is -2.55. The molecule has 2 rings (SSSR count). The fraction of sp³-hybridized carbons (Fsp3) is 0.316. The lowest BCUT2D eigenvalue weighted by molar-refractivity contribution is 0.170. The molecule has 0 saturated heterocycles. The minimum absolute atomic E-state index is 0.0143. The van der Waals surface area contributed by atoms with Gasteiger partial charge in [-0.15, -0.1) is 0 Å². The van der Waals surface area contributed by atoms with E-state index in [0.29, 0.717) is 23.6 Å². The largest absolute Gasteiger partial charge is 0.497 e. The van der Waals surface area contributed by atoms with Crippen molar-refractivity contribution in [3.05, 3.63) is 59.2 Å². The van der Waals surface area contributed by atoms with E-state index < -0.39 is 6.10 Å². The fourth-order valence-corrected chi connectivity index (χ4v) is 2.42. The van der Waals surface area contributed by atoms with Crippen molar-refractivity contribution in [3.8, 4) is 17.6 Å². The number of aliphatic hydroxyl groups excluding tert-OH is 1. The summed E-state index contributed by atoms with van der Waals surface area (Å²) in [6, 6.07) is 14.9. The third kappa shape index (κ3) is 4.48. The molecule has 5 nitrogen and oxygen atoms in total. The first-order chi connectivity index (χ1) is 11.6. The maximum Gasteiger partial charge on any atom is 0.122 e. The molecular formula is C19H22N2O3. The number of hydrogen-bond donors (Lipinski definition) is 2. The number of hydrogen-bond acceptors (Lipinski definition) is 5. The van der Waals surface area contributed by atoms with Crippen molar-refractivity contribution < 1.29 is 14.6 Å². The molecule has 0 spiro atoms. The van der Waals surface area contributed by atoms with Crippen molar-refractivity contribution in [2.75, 3.05) is 20.8 Å². The van der Waals surface area contributed by atoms with E-state index >= 15 is 0 Å². The van der Waals surface area contributed by atoms with Crippen molar-refractivity contribution in [1.82, 2.24) is 5.32 Å². The van der Waals surface area contributed by atoms with Gasteiger partial charge < -0.3 is 19.9 Å². The van der Waals surface area contributed by atoms with E-state index in [9.17, 15) is 5.11 Å². The van der Waals surface area contributed by atoms with E-state index in [1.165, 1.54) is 0 Å². The van der Waals surface area contributed by atoms with Crippen molar-refractivity contribution in [1.29, 1.82) is 5.26 Å². The molecule has 2 aromatic rings. The van der Waals surface area contributed by atoms with Crippen molar-refractivity contribution >= 4 is 0 Å². The number of methoxy groups -OCH3 is 2. The minimum Gasteiger partial charge on any atom is -0.497 e. The molecule has 2 unspecified atom stereocenters. The molecule has 5 heteroatoms. The zero-order chi connectivity index (χ0) is 17.5. The smallest absolute Gasteiger partial charge is 0.122 e. The number of rotatable bonds is 7. The molecule has 126 valence electrons.